The molecule has 1 aliphatic heterocycles. The molecule has 7 nitrogen and oxygen atoms in total. The molecule has 2 heterocycles. The Morgan fingerprint density at radius 1 is 1.03 bits per heavy atom. The third-order valence-electron chi connectivity index (χ3n) is 6.15. The minimum atomic E-state index is -0.914. The monoisotopic (exact) mass is 500 g/mol. The maximum absolute atomic E-state index is 13.4. The van der Waals surface area contributed by atoms with Crippen molar-refractivity contribution in [2.45, 2.75) is 26.3 Å². The highest BCUT2D eigenvalue weighted by Crippen LogP contribution is 2.44. The van der Waals surface area contributed by atoms with Crippen molar-refractivity contribution in [1.82, 2.24) is 4.98 Å². The fourth-order valence-electron chi connectivity index (χ4n) is 4.31. The predicted octanol–water partition coefficient (Wildman–Crippen LogP) is 5.59. The lowest BCUT2D eigenvalue weighted by Gasteiger charge is -2.23. The number of hydrogen-bond acceptors (Lipinski definition) is 7. The van der Waals surface area contributed by atoms with Crippen molar-refractivity contribution < 1.29 is 24.5 Å². The quantitative estimate of drug-likeness (QED) is 0.203. The summed E-state index contributed by atoms with van der Waals surface area (Å²) in [6, 6.07) is 17.9. The SMILES string of the molecule is CCOc1ccc(/C(O)=C2\C(=O)C(=O)N(c3nc4ccc(CC)cc4s3)C2c2ccc(O)cc2)cc1. The van der Waals surface area contributed by atoms with Crippen molar-refractivity contribution in [3.8, 4) is 11.5 Å². The fraction of sp³-hybridized carbons (Fsp3) is 0.179. The summed E-state index contributed by atoms with van der Waals surface area (Å²) in [5.74, 6) is -1.17. The normalized spacial score (nSPS) is 17.2. The molecule has 8 heteroatoms. The summed E-state index contributed by atoms with van der Waals surface area (Å²) in [5.41, 5.74) is 2.78. The molecule has 1 unspecified atom stereocenters. The molecule has 4 aromatic rings. The van der Waals surface area contributed by atoms with Gasteiger partial charge >= 0.3 is 5.91 Å². The number of fused-ring (bicyclic) bond motifs is 1. The second-order valence-electron chi connectivity index (χ2n) is 8.37. The van der Waals surface area contributed by atoms with E-state index < -0.39 is 17.7 Å². The smallest absolute Gasteiger partial charge is 0.301 e. The Balaban J connectivity index is 1.67. The van der Waals surface area contributed by atoms with E-state index in [0.717, 1.165) is 22.2 Å². The first-order valence-electron chi connectivity index (χ1n) is 11.6. The standard InChI is InChI=1S/C28H24N2O5S/c1-3-16-5-14-21-22(15-16)36-28(29-21)30-24(17-6-10-19(31)11-7-17)23(26(33)27(30)34)25(32)18-8-12-20(13-9-18)35-4-2/h5-15,24,31-32H,3-4H2,1-2H3/b25-23+. The van der Waals surface area contributed by atoms with Crippen LogP contribution in [-0.4, -0.2) is 33.5 Å². The van der Waals surface area contributed by atoms with Gasteiger partial charge in [-0.25, -0.2) is 4.98 Å². The van der Waals surface area contributed by atoms with E-state index in [4.69, 9.17) is 4.74 Å². The molecular weight excluding hydrogens is 476 g/mol. The zero-order chi connectivity index (χ0) is 25.4. The number of hydrogen-bond donors (Lipinski definition) is 2. The summed E-state index contributed by atoms with van der Waals surface area (Å²) in [4.78, 5) is 32.7. The van der Waals surface area contributed by atoms with Crippen molar-refractivity contribution in [2.75, 3.05) is 11.5 Å². The van der Waals surface area contributed by atoms with Gasteiger partial charge < -0.3 is 14.9 Å². The number of Topliss-reactive ketones (excluding diaryl/α,β-unsaturated/α-hetero) is 1. The van der Waals surface area contributed by atoms with E-state index in [1.807, 2.05) is 25.1 Å². The molecule has 5 rings (SSSR count). The van der Waals surface area contributed by atoms with Crippen molar-refractivity contribution in [2.24, 2.45) is 0 Å². The van der Waals surface area contributed by atoms with Crippen LogP contribution in [0.1, 0.15) is 36.6 Å². The molecule has 0 spiro atoms. The molecule has 1 fully saturated rings. The number of rotatable bonds is 6. The highest BCUT2D eigenvalue weighted by Gasteiger charge is 2.48. The van der Waals surface area contributed by atoms with E-state index in [1.165, 1.54) is 28.4 Å². The Bertz CT molecular complexity index is 1490. The largest absolute Gasteiger partial charge is 0.508 e. The van der Waals surface area contributed by atoms with E-state index in [-0.39, 0.29) is 17.1 Å². The molecule has 3 aromatic carbocycles. The Morgan fingerprint density at radius 3 is 2.42 bits per heavy atom. The van der Waals surface area contributed by atoms with Gasteiger partial charge in [-0.15, -0.1) is 0 Å². The predicted molar refractivity (Wildman–Crippen MR) is 139 cm³/mol. The van der Waals surface area contributed by atoms with Crippen LogP contribution in [0.4, 0.5) is 5.13 Å². The number of carbonyl (C=O) groups is 2. The molecule has 1 amide bonds. The van der Waals surface area contributed by atoms with E-state index in [0.29, 0.717) is 28.6 Å². The van der Waals surface area contributed by atoms with Crippen LogP contribution >= 0.6 is 11.3 Å². The number of aliphatic hydroxyl groups is 1. The van der Waals surface area contributed by atoms with Crippen LogP contribution in [0.2, 0.25) is 0 Å². The van der Waals surface area contributed by atoms with Gasteiger partial charge in [-0.1, -0.05) is 36.5 Å². The van der Waals surface area contributed by atoms with E-state index >= 15 is 0 Å². The number of benzene rings is 3. The average Bonchev–Trinajstić information content (AvgIpc) is 3.42. The molecule has 36 heavy (non-hydrogen) atoms. The Hall–Kier alpha value is -4.17. The van der Waals surface area contributed by atoms with Crippen molar-refractivity contribution in [1.29, 1.82) is 0 Å². The lowest BCUT2D eigenvalue weighted by atomic mass is 9.95. The number of aryl methyl sites for hydroxylation is 1. The average molecular weight is 501 g/mol. The van der Waals surface area contributed by atoms with Gasteiger partial charge in [0.05, 0.1) is 28.4 Å². The zero-order valence-electron chi connectivity index (χ0n) is 19.8. The van der Waals surface area contributed by atoms with Gasteiger partial charge in [0.15, 0.2) is 5.13 Å². The number of aromatic hydroxyl groups is 1. The molecule has 1 aromatic heterocycles. The van der Waals surface area contributed by atoms with Gasteiger partial charge in [0.1, 0.15) is 17.3 Å². The number of aromatic nitrogens is 1. The molecule has 1 saturated heterocycles. The summed E-state index contributed by atoms with van der Waals surface area (Å²) < 4.78 is 6.37. The lowest BCUT2D eigenvalue weighted by molar-refractivity contribution is -0.132. The Morgan fingerprint density at radius 2 is 1.75 bits per heavy atom. The van der Waals surface area contributed by atoms with Crippen molar-refractivity contribution >= 4 is 44.1 Å². The molecular formula is C28H24N2O5S. The van der Waals surface area contributed by atoms with Crippen molar-refractivity contribution in [3.05, 3.63) is 89.0 Å². The number of phenolic OH excluding ortho intramolecular Hbond substituents is 1. The number of nitrogens with zero attached hydrogens (tertiary/aromatic N) is 2. The number of anilines is 1. The van der Waals surface area contributed by atoms with Crippen LogP contribution < -0.4 is 9.64 Å². The van der Waals surface area contributed by atoms with Crippen LogP contribution in [0.25, 0.3) is 16.0 Å². The second kappa shape index (κ2) is 9.47. The minimum absolute atomic E-state index is 0.0386. The van der Waals surface area contributed by atoms with Gasteiger partial charge in [0, 0.05) is 5.56 Å². The van der Waals surface area contributed by atoms with Crippen LogP contribution in [0.3, 0.4) is 0 Å². The van der Waals surface area contributed by atoms with E-state index in [2.05, 4.69) is 11.9 Å². The Labute approximate surface area is 211 Å². The van der Waals surface area contributed by atoms with Crippen LogP contribution in [0, 0.1) is 0 Å². The molecule has 1 aliphatic rings. The van der Waals surface area contributed by atoms with E-state index in [9.17, 15) is 19.8 Å². The van der Waals surface area contributed by atoms with Crippen LogP contribution in [0.15, 0.2) is 72.3 Å². The summed E-state index contributed by atoms with van der Waals surface area (Å²) in [6.45, 7) is 4.44. The number of carbonyl (C=O) groups excluding carboxylic acids is 2. The summed E-state index contributed by atoms with van der Waals surface area (Å²) in [5, 5.41) is 21.4. The second-order valence-corrected chi connectivity index (χ2v) is 9.38. The number of ether oxygens (including phenoxy) is 1. The zero-order valence-corrected chi connectivity index (χ0v) is 20.6. The highest BCUT2D eigenvalue weighted by atomic mass is 32.1. The van der Waals surface area contributed by atoms with E-state index in [1.54, 1.807) is 36.4 Å². The molecule has 0 aliphatic carbocycles. The molecule has 0 bridgehead atoms. The molecule has 0 radical (unpaired) electrons. The maximum atomic E-state index is 13.4. The lowest BCUT2D eigenvalue weighted by Crippen LogP contribution is -2.29. The summed E-state index contributed by atoms with van der Waals surface area (Å²) in [7, 11) is 0. The molecule has 2 N–H and O–H groups in total. The summed E-state index contributed by atoms with van der Waals surface area (Å²) >= 11 is 1.32. The number of ketones is 1. The van der Waals surface area contributed by atoms with Crippen molar-refractivity contribution in [3.63, 3.8) is 0 Å². The van der Waals surface area contributed by atoms with Crippen LogP contribution in [-0.2, 0) is 16.0 Å². The molecule has 0 saturated carbocycles. The third kappa shape index (κ3) is 4.09. The topological polar surface area (TPSA) is 100.0 Å². The Kier molecular flexibility index (Phi) is 6.20. The third-order valence-corrected chi connectivity index (χ3v) is 7.17. The molecule has 1 atom stereocenters. The van der Waals surface area contributed by atoms with Gasteiger partial charge in [0.2, 0.25) is 0 Å². The first-order valence-corrected chi connectivity index (χ1v) is 12.5. The molecule has 182 valence electrons. The summed E-state index contributed by atoms with van der Waals surface area (Å²) in [6.07, 6.45) is 0.864. The van der Waals surface area contributed by atoms with Gasteiger partial charge in [-0.2, -0.15) is 0 Å². The maximum Gasteiger partial charge on any atom is 0.301 e. The fourth-order valence-corrected chi connectivity index (χ4v) is 5.37. The number of amides is 1. The van der Waals surface area contributed by atoms with Gasteiger partial charge in [-0.05, 0) is 73.0 Å². The first-order chi connectivity index (χ1) is 17.4. The first kappa shape index (κ1) is 23.6. The number of thiazole rings is 1. The van der Waals surface area contributed by atoms with Gasteiger partial charge in [0.25, 0.3) is 5.78 Å². The minimum Gasteiger partial charge on any atom is -0.508 e. The number of aliphatic hydroxyl groups excluding tert-OH is 1. The van der Waals surface area contributed by atoms with Gasteiger partial charge in [-0.3, -0.25) is 14.5 Å². The highest BCUT2D eigenvalue weighted by molar-refractivity contribution is 7.22. The van der Waals surface area contributed by atoms with Crippen LogP contribution in [0.5, 0.6) is 11.5 Å². The number of phenols is 1.